The number of benzene rings is 1. The van der Waals surface area contributed by atoms with Crippen LogP contribution in [-0.4, -0.2) is 6.36 Å². The smallest absolute Gasteiger partial charge is 0.406 e. The zero-order valence-electron chi connectivity index (χ0n) is 7.15. The highest BCUT2D eigenvalue weighted by Crippen LogP contribution is 2.27. The summed E-state index contributed by atoms with van der Waals surface area (Å²) in [5.74, 6) is -1.54. The van der Waals surface area contributed by atoms with Crippen molar-refractivity contribution in [3.05, 3.63) is 23.5 Å². The first kappa shape index (κ1) is 10.6. The van der Waals surface area contributed by atoms with E-state index in [-0.39, 0.29) is 11.3 Å². The molecule has 0 radical (unpaired) electrons. The molecule has 0 atom stereocenters. The SMILES string of the molecule is Cc1cc(OC(F)(F)F)cc(F)c1N. The van der Waals surface area contributed by atoms with Crippen molar-refractivity contribution in [3.63, 3.8) is 0 Å². The molecular weight excluding hydrogens is 202 g/mol. The third-order valence-electron chi connectivity index (χ3n) is 1.54. The average Bonchev–Trinajstić information content (AvgIpc) is 1.96. The molecule has 0 bridgehead atoms. The van der Waals surface area contributed by atoms with Gasteiger partial charge in [0.1, 0.15) is 11.6 Å². The van der Waals surface area contributed by atoms with E-state index in [0.717, 1.165) is 6.07 Å². The number of anilines is 1. The van der Waals surface area contributed by atoms with Crippen LogP contribution in [0.4, 0.5) is 23.2 Å². The molecule has 0 aliphatic rings. The van der Waals surface area contributed by atoms with Crippen LogP contribution in [0.1, 0.15) is 5.56 Å². The monoisotopic (exact) mass is 209 g/mol. The quantitative estimate of drug-likeness (QED) is 0.570. The molecule has 0 aliphatic heterocycles. The van der Waals surface area contributed by atoms with Gasteiger partial charge in [-0.2, -0.15) is 0 Å². The maximum absolute atomic E-state index is 12.8. The van der Waals surface area contributed by atoms with E-state index >= 15 is 0 Å². The summed E-state index contributed by atoms with van der Waals surface area (Å²) in [6, 6.07) is 1.61. The van der Waals surface area contributed by atoms with Gasteiger partial charge in [-0.05, 0) is 18.6 Å². The fourth-order valence-corrected chi connectivity index (χ4v) is 0.916. The standard InChI is InChI=1S/C8H7F4NO/c1-4-2-5(14-8(10,11)12)3-6(9)7(4)13/h2-3H,13H2,1H3. The van der Waals surface area contributed by atoms with E-state index in [1.165, 1.54) is 6.92 Å². The molecule has 78 valence electrons. The summed E-state index contributed by atoms with van der Waals surface area (Å²) in [6.07, 6.45) is -4.82. The van der Waals surface area contributed by atoms with Crippen LogP contribution in [-0.2, 0) is 0 Å². The topological polar surface area (TPSA) is 35.2 Å². The van der Waals surface area contributed by atoms with Crippen molar-refractivity contribution in [1.82, 2.24) is 0 Å². The molecule has 0 heterocycles. The highest BCUT2D eigenvalue weighted by atomic mass is 19.4. The van der Waals surface area contributed by atoms with Crippen molar-refractivity contribution in [3.8, 4) is 5.75 Å². The molecule has 0 amide bonds. The number of halogens is 4. The fourth-order valence-electron chi connectivity index (χ4n) is 0.916. The maximum Gasteiger partial charge on any atom is 0.573 e. The van der Waals surface area contributed by atoms with Gasteiger partial charge in [0.15, 0.2) is 0 Å². The molecule has 0 saturated carbocycles. The van der Waals surface area contributed by atoms with Crippen molar-refractivity contribution in [1.29, 1.82) is 0 Å². The van der Waals surface area contributed by atoms with Crippen LogP contribution >= 0.6 is 0 Å². The van der Waals surface area contributed by atoms with E-state index in [1.807, 2.05) is 0 Å². The summed E-state index contributed by atoms with van der Waals surface area (Å²) in [4.78, 5) is 0. The predicted molar refractivity (Wildman–Crippen MR) is 42.2 cm³/mol. The molecule has 0 aliphatic carbocycles. The van der Waals surface area contributed by atoms with Crippen LogP contribution < -0.4 is 10.5 Å². The molecule has 1 aromatic rings. The molecule has 6 heteroatoms. The Labute approximate surface area is 77.3 Å². The van der Waals surface area contributed by atoms with Gasteiger partial charge in [-0.15, -0.1) is 13.2 Å². The van der Waals surface area contributed by atoms with Crippen molar-refractivity contribution >= 4 is 5.69 Å². The Bertz CT molecular complexity index is 325. The van der Waals surface area contributed by atoms with Gasteiger partial charge in [0, 0.05) is 6.07 Å². The Balaban J connectivity index is 3.02. The molecule has 2 N–H and O–H groups in total. The van der Waals surface area contributed by atoms with Crippen LogP contribution in [0.5, 0.6) is 5.75 Å². The number of rotatable bonds is 1. The third kappa shape index (κ3) is 2.51. The van der Waals surface area contributed by atoms with Crippen molar-refractivity contribution < 1.29 is 22.3 Å². The minimum absolute atomic E-state index is 0.181. The minimum atomic E-state index is -4.82. The molecular formula is C8H7F4NO. The molecule has 0 spiro atoms. The normalized spacial score (nSPS) is 11.5. The number of alkyl halides is 3. The zero-order chi connectivity index (χ0) is 10.9. The van der Waals surface area contributed by atoms with Gasteiger partial charge in [-0.25, -0.2) is 4.39 Å². The lowest BCUT2D eigenvalue weighted by Crippen LogP contribution is -2.17. The molecule has 0 aromatic heterocycles. The highest BCUT2D eigenvalue weighted by Gasteiger charge is 2.31. The van der Waals surface area contributed by atoms with Gasteiger partial charge in [0.05, 0.1) is 5.69 Å². The van der Waals surface area contributed by atoms with Crippen molar-refractivity contribution in [2.75, 3.05) is 5.73 Å². The van der Waals surface area contributed by atoms with E-state index in [9.17, 15) is 17.6 Å². The van der Waals surface area contributed by atoms with E-state index in [4.69, 9.17) is 5.73 Å². The summed E-state index contributed by atoms with van der Waals surface area (Å²) in [5.41, 5.74) is 5.22. The second-order valence-electron chi connectivity index (χ2n) is 2.68. The summed E-state index contributed by atoms with van der Waals surface area (Å²) < 4.78 is 51.6. The fraction of sp³-hybridized carbons (Fsp3) is 0.250. The first-order chi connectivity index (χ1) is 6.29. The lowest BCUT2D eigenvalue weighted by Gasteiger charge is -2.10. The maximum atomic E-state index is 12.8. The van der Waals surface area contributed by atoms with Crippen LogP contribution in [0.15, 0.2) is 12.1 Å². The average molecular weight is 209 g/mol. The van der Waals surface area contributed by atoms with Gasteiger partial charge < -0.3 is 10.5 Å². The number of hydrogen-bond donors (Lipinski definition) is 1. The molecule has 0 unspecified atom stereocenters. The second kappa shape index (κ2) is 3.36. The van der Waals surface area contributed by atoms with E-state index in [0.29, 0.717) is 6.07 Å². The summed E-state index contributed by atoms with van der Waals surface area (Å²) in [5, 5.41) is 0. The number of ether oxygens (including phenoxy) is 1. The molecule has 0 fully saturated rings. The van der Waals surface area contributed by atoms with E-state index < -0.39 is 17.9 Å². The number of nitrogen functional groups attached to an aromatic ring is 1. The minimum Gasteiger partial charge on any atom is -0.406 e. The van der Waals surface area contributed by atoms with E-state index in [2.05, 4.69) is 4.74 Å². The lowest BCUT2D eigenvalue weighted by molar-refractivity contribution is -0.274. The first-order valence-electron chi connectivity index (χ1n) is 3.61. The van der Waals surface area contributed by atoms with E-state index in [1.54, 1.807) is 0 Å². The van der Waals surface area contributed by atoms with Crippen molar-refractivity contribution in [2.24, 2.45) is 0 Å². The van der Waals surface area contributed by atoms with Crippen molar-refractivity contribution in [2.45, 2.75) is 13.3 Å². The molecule has 2 nitrogen and oxygen atoms in total. The predicted octanol–water partition coefficient (Wildman–Crippen LogP) is 2.61. The summed E-state index contributed by atoms with van der Waals surface area (Å²) in [7, 11) is 0. The van der Waals surface area contributed by atoms with Crippen LogP contribution in [0.25, 0.3) is 0 Å². The van der Waals surface area contributed by atoms with Gasteiger partial charge >= 0.3 is 6.36 Å². The number of aryl methyl sites for hydroxylation is 1. The molecule has 14 heavy (non-hydrogen) atoms. The van der Waals surface area contributed by atoms with Gasteiger partial charge in [-0.1, -0.05) is 0 Å². The van der Waals surface area contributed by atoms with Gasteiger partial charge in [0.2, 0.25) is 0 Å². The number of nitrogens with two attached hydrogens (primary N) is 1. The van der Waals surface area contributed by atoms with Crippen LogP contribution in [0.3, 0.4) is 0 Å². The number of hydrogen-bond acceptors (Lipinski definition) is 2. The molecule has 0 saturated heterocycles. The Morgan fingerprint density at radius 2 is 1.86 bits per heavy atom. The highest BCUT2D eigenvalue weighted by molar-refractivity contribution is 5.51. The Kier molecular flexibility index (Phi) is 2.55. The third-order valence-corrected chi connectivity index (χ3v) is 1.54. The lowest BCUT2D eigenvalue weighted by atomic mass is 10.2. The van der Waals surface area contributed by atoms with Gasteiger partial charge in [0.25, 0.3) is 0 Å². The first-order valence-corrected chi connectivity index (χ1v) is 3.61. The summed E-state index contributed by atoms with van der Waals surface area (Å²) >= 11 is 0. The zero-order valence-corrected chi connectivity index (χ0v) is 7.15. The largest absolute Gasteiger partial charge is 0.573 e. The summed E-state index contributed by atoms with van der Waals surface area (Å²) in [6.45, 7) is 1.39. The molecule has 1 rings (SSSR count). The molecule has 1 aromatic carbocycles. The Morgan fingerprint density at radius 3 is 2.29 bits per heavy atom. The Hall–Kier alpha value is -1.46. The Morgan fingerprint density at radius 1 is 1.29 bits per heavy atom. The van der Waals surface area contributed by atoms with Crippen LogP contribution in [0.2, 0.25) is 0 Å². The second-order valence-corrected chi connectivity index (χ2v) is 2.68. The van der Waals surface area contributed by atoms with Gasteiger partial charge in [-0.3, -0.25) is 0 Å². The van der Waals surface area contributed by atoms with Crippen LogP contribution in [0, 0.1) is 12.7 Å².